The fraction of sp³-hybridized carbons (Fsp3) is 0.435. The van der Waals surface area contributed by atoms with Gasteiger partial charge in [0.15, 0.2) is 11.5 Å². The van der Waals surface area contributed by atoms with E-state index in [4.69, 9.17) is 9.47 Å². The molecule has 1 N–H and O–H groups in total. The van der Waals surface area contributed by atoms with E-state index in [-0.39, 0.29) is 10.8 Å². The van der Waals surface area contributed by atoms with E-state index in [0.717, 1.165) is 37.7 Å². The molecule has 0 aromatic heterocycles. The Labute approximate surface area is 184 Å². The van der Waals surface area contributed by atoms with Crippen LogP contribution in [-0.2, 0) is 16.4 Å². The van der Waals surface area contributed by atoms with Crippen molar-refractivity contribution in [3.05, 3.63) is 53.6 Å². The lowest BCUT2D eigenvalue weighted by Gasteiger charge is -2.26. The van der Waals surface area contributed by atoms with Gasteiger partial charge in [0.25, 0.3) is 5.91 Å². The average Bonchev–Trinajstić information content (AvgIpc) is 2.82. The van der Waals surface area contributed by atoms with Crippen LogP contribution in [0.1, 0.15) is 41.6 Å². The highest BCUT2D eigenvalue weighted by atomic mass is 32.2. The van der Waals surface area contributed by atoms with Gasteiger partial charge in [-0.05, 0) is 61.6 Å². The Morgan fingerprint density at radius 1 is 1.00 bits per heavy atom. The van der Waals surface area contributed by atoms with Crippen LogP contribution in [0.25, 0.3) is 0 Å². The number of carbonyl (C=O) groups excluding carboxylic acids is 1. The van der Waals surface area contributed by atoms with Gasteiger partial charge in [-0.25, -0.2) is 8.42 Å². The molecule has 1 aliphatic rings. The Hall–Kier alpha value is -2.58. The lowest BCUT2D eigenvalue weighted by Crippen LogP contribution is -2.35. The van der Waals surface area contributed by atoms with Crippen molar-refractivity contribution in [1.29, 1.82) is 0 Å². The van der Waals surface area contributed by atoms with Crippen LogP contribution in [-0.4, -0.2) is 52.5 Å². The molecule has 0 atom stereocenters. The fourth-order valence-electron chi connectivity index (χ4n) is 3.68. The Bertz CT molecular complexity index is 1000. The van der Waals surface area contributed by atoms with Crippen molar-refractivity contribution in [3.63, 3.8) is 0 Å². The maximum atomic E-state index is 12.9. The first kappa shape index (κ1) is 23.1. The maximum Gasteiger partial charge on any atom is 0.251 e. The topological polar surface area (TPSA) is 84.9 Å². The summed E-state index contributed by atoms with van der Waals surface area (Å²) < 4.78 is 37.8. The minimum Gasteiger partial charge on any atom is -0.493 e. The Kier molecular flexibility index (Phi) is 7.92. The zero-order valence-corrected chi connectivity index (χ0v) is 18.9. The third-order valence-electron chi connectivity index (χ3n) is 5.42. The summed E-state index contributed by atoms with van der Waals surface area (Å²) in [7, 11) is -0.365. The molecule has 1 saturated heterocycles. The molecule has 2 aromatic carbocycles. The summed E-state index contributed by atoms with van der Waals surface area (Å²) in [5.41, 5.74) is 1.44. The molecule has 7 nitrogen and oxygen atoms in total. The number of nitrogens with zero attached hydrogens (tertiary/aromatic N) is 1. The molecule has 3 rings (SSSR count). The second kappa shape index (κ2) is 10.6. The van der Waals surface area contributed by atoms with Gasteiger partial charge in [0.05, 0.1) is 19.1 Å². The predicted molar refractivity (Wildman–Crippen MR) is 119 cm³/mol. The number of ether oxygens (including phenoxy) is 2. The van der Waals surface area contributed by atoms with Gasteiger partial charge in [-0.1, -0.05) is 18.6 Å². The second-order valence-corrected chi connectivity index (χ2v) is 9.48. The molecule has 8 heteroatoms. The summed E-state index contributed by atoms with van der Waals surface area (Å²) >= 11 is 0. The molecule has 1 heterocycles. The van der Waals surface area contributed by atoms with Crippen molar-refractivity contribution < 1.29 is 22.7 Å². The average molecular weight is 447 g/mol. The first-order valence-corrected chi connectivity index (χ1v) is 12.0. The van der Waals surface area contributed by atoms with E-state index in [1.807, 2.05) is 18.2 Å². The maximum absolute atomic E-state index is 12.9. The van der Waals surface area contributed by atoms with E-state index in [2.05, 4.69) is 5.32 Å². The number of piperidine rings is 1. The number of benzene rings is 2. The van der Waals surface area contributed by atoms with Gasteiger partial charge in [0.2, 0.25) is 10.0 Å². The highest BCUT2D eigenvalue weighted by molar-refractivity contribution is 7.89. The third-order valence-corrected chi connectivity index (χ3v) is 7.32. The van der Waals surface area contributed by atoms with Crippen LogP contribution in [0.3, 0.4) is 0 Å². The molecule has 1 aliphatic heterocycles. The lowest BCUT2D eigenvalue weighted by molar-refractivity contribution is 0.0953. The molecule has 0 unspecified atom stereocenters. The van der Waals surface area contributed by atoms with Crippen molar-refractivity contribution >= 4 is 15.9 Å². The van der Waals surface area contributed by atoms with Crippen LogP contribution in [0.4, 0.5) is 0 Å². The van der Waals surface area contributed by atoms with Gasteiger partial charge in [-0.2, -0.15) is 4.31 Å². The second-order valence-electron chi connectivity index (χ2n) is 7.54. The van der Waals surface area contributed by atoms with E-state index in [9.17, 15) is 13.2 Å². The molecule has 1 fully saturated rings. The first-order valence-electron chi connectivity index (χ1n) is 10.5. The number of hydrogen-bond acceptors (Lipinski definition) is 5. The van der Waals surface area contributed by atoms with Crippen LogP contribution < -0.4 is 14.8 Å². The van der Waals surface area contributed by atoms with Gasteiger partial charge in [-0.15, -0.1) is 0 Å². The minimum atomic E-state index is -3.56. The Balaban J connectivity index is 1.56. The van der Waals surface area contributed by atoms with Gasteiger partial charge in [0.1, 0.15) is 0 Å². The summed E-state index contributed by atoms with van der Waals surface area (Å²) in [4.78, 5) is 12.7. The predicted octanol–water partition coefficient (Wildman–Crippen LogP) is 3.24. The fourth-order valence-corrected chi connectivity index (χ4v) is 5.25. The Morgan fingerprint density at radius 2 is 1.74 bits per heavy atom. The SMILES string of the molecule is COc1ccc(CCCNC(=O)c2cccc(S(=O)(=O)N3CCCCC3)c2)cc1OC. The molecular formula is C23H30N2O5S. The molecule has 0 bridgehead atoms. The van der Waals surface area contributed by atoms with Crippen LogP contribution in [0.5, 0.6) is 11.5 Å². The summed E-state index contributed by atoms with van der Waals surface area (Å²) in [5.74, 6) is 1.08. The van der Waals surface area contributed by atoms with Gasteiger partial charge < -0.3 is 14.8 Å². The molecule has 31 heavy (non-hydrogen) atoms. The summed E-state index contributed by atoms with van der Waals surface area (Å²) in [6.07, 6.45) is 4.31. The van der Waals surface area contributed by atoms with Crippen LogP contribution in [0.2, 0.25) is 0 Å². The van der Waals surface area contributed by atoms with Gasteiger partial charge >= 0.3 is 0 Å². The van der Waals surface area contributed by atoms with Crippen molar-refractivity contribution in [1.82, 2.24) is 9.62 Å². The van der Waals surface area contributed by atoms with Crippen molar-refractivity contribution in [2.45, 2.75) is 37.0 Å². The van der Waals surface area contributed by atoms with Crippen molar-refractivity contribution in [2.24, 2.45) is 0 Å². The molecule has 2 aromatic rings. The standard InChI is InChI=1S/C23H30N2O5S/c1-29-21-12-11-18(16-22(21)30-2)8-7-13-24-23(26)19-9-6-10-20(17-19)31(27,28)25-14-4-3-5-15-25/h6,9-12,16-17H,3-5,7-8,13-15H2,1-2H3,(H,24,26). The van der Waals surface area contributed by atoms with Gasteiger partial charge in [-0.3, -0.25) is 4.79 Å². The molecule has 0 saturated carbocycles. The van der Waals surface area contributed by atoms with Crippen LogP contribution in [0, 0.1) is 0 Å². The number of rotatable bonds is 9. The van der Waals surface area contributed by atoms with Gasteiger partial charge in [0, 0.05) is 25.2 Å². The summed E-state index contributed by atoms with van der Waals surface area (Å²) in [5, 5.41) is 2.88. The Morgan fingerprint density at radius 3 is 2.45 bits per heavy atom. The molecule has 0 radical (unpaired) electrons. The number of aryl methyl sites for hydroxylation is 1. The van der Waals surface area contributed by atoms with E-state index in [1.165, 1.54) is 10.4 Å². The zero-order chi connectivity index (χ0) is 22.3. The lowest BCUT2D eigenvalue weighted by atomic mass is 10.1. The largest absolute Gasteiger partial charge is 0.493 e. The summed E-state index contributed by atoms with van der Waals surface area (Å²) in [6.45, 7) is 1.56. The molecule has 1 amide bonds. The third kappa shape index (κ3) is 5.77. The van der Waals surface area contributed by atoms with E-state index in [0.29, 0.717) is 36.7 Å². The number of hydrogen-bond donors (Lipinski definition) is 1. The number of amides is 1. The minimum absolute atomic E-state index is 0.173. The smallest absolute Gasteiger partial charge is 0.251 e. The quantitative estimate of drug-likeness (QED) is 0.598. The van der Waals surface area contributed by atoms with Crippen molar-refractivity contribution in [3.8, 4) is 11.5 Å². The number of nitrogens with one attached hydrogen (secondary N) is 1. The summed E-state index contributed by atoms with van der Waals surface area (Å²) in [6, 6.07) is 12.0. The van der Waals surface area contributed by atoms with E-state index < -0.39 is 10.0 Å². The van der Waals surface area contributed by atoms with Crippen LogP contribution >= 0.6 is 0 Å². The number of sulfonamides is 1. The molecule has 168 valence electrons. The molecular weight excluding hydrogens is 416 g/mol. The highest BCUT2D eigenvalue weighted by Gasteiger charge is 2.26. The van der Waals surface area contributed by atoms with E-state index in [1.54, 1.807) is 32.4 Å². The first-order chi connectivity index (χ1) is 15.0. The van der Waals surface area contributed by atoms with E-state index >= 15 is 0 Å². The molecule has 0 spiro atoms. The monoisotopic (exact) mass is 446 g/mol. The normalized spacial score (nSPS) is 14.8. The zero-order valence-electron chi connectivity index (χ0n) is 18.1. The number of methoxy groups -OCH3 is 2. The van der Waals surface area contributed by atoms with Crippen molar-refractivity contribution in [2.75, 3.05) is 33.9 Å². The van der Waals surface area contributed by atoms with Crippen LogP contribution in [0.15, 0.2) is 47.4 Å². The molecule has 0 aliphatic carbocycles. The highest BCUT2D eigenvalue weighted by Crippen LogP contribution is 2.28. The number of carbonyl (C=O) groups is 1.